The molecule has 1 aromatic rings. The van der Waals surface area contributed by atoms with Crippen molar-refractivity contribution >= 4 is 10.0 Å². The molecule has 1 aliphatic heterocycles. The van der Waals surface area contributed by atoms with Crippen LogP contribution in [0.3, 0.4) is 0 Å². The van der Waals surface area contributed by atoms with E-state index >= 15 is 0 Å². The molecular formula is C10H14N2O3S. The zero-order valence-corrected chi connectivity index (χ0v) is 9.90. The van der Waals surface area contributed by atoms with Crippen molar-refractivity contribution in [2.45, 2.75) is 17.7 Å². The summed E-state index contributed by atoms with van der Waals surface area (Å²) < 4.78 is 30.5. The Hall–Kier alpha value is -1.14. The van der Waals surface area contributed by atoms with E-state index in [1.165, 1.54) is 23.7 Å². The first-order chi connectivity index (χ1) is 7.64. The van der Waals surface area contributed by atoms with Gasteiger partial charge in [-0.2, -0.15) is 4.31 Å². The van der Waals surface area contributed by atoms with Gasteiger partial charge in [-0.05, 0) is 18.9 Å². The molecule has 1 fully saturated rings. The summed E-state index contributed by atoms with van der Waals surface area (Å²) in [5, 5.41) is 0. The predicted molar refractivity (Wildman–Crippen MR) is 58.8 cm³/mol. The van der Waals surface area contributed by atoms with E-state index in [0.717, 1.165) is 12.8 Å². The van der Waals surface area contributed by atoms with Gasteiger partial charge in [-0.3, -0.25) is 0 Å². The maximum atomic E-state index is 12.1. The minimum absolute atomic E-state index is 0.232. The first-order valence-electron chi connectivity index (χ1n) is 5.15. The second-order valence-electron chi connectivity index (χ2n) is 3.65. The molecule has 0 N–H and O–H groups in total. The Balaban J connectivity index is 2.28. The Kier molecular flexibility index (Phi) is 3.11. The summed E-state index contributed by atoms with van der Waals surface area (Å²) in [5.74, 6) is 0.417. The van der Waals surface area contributed by atoms with E-state index < -0.39 is 10.0 Å². The lowest BCUT2D eigenvalue weighted by Crippen LogP contribution is -2.27. The number of aromatic nitrogens is 1. The summed E-state index contributed by atoms with van der Waals surface area (Å²) in [6.45, 7) is 1.21. The zero-order valence-electron chi connectivity index (χ0n) is 9.09. The van der Waals surface area contributed by atoms with Crippen LogP contribution in [0, 0.1) is 0 Å². The van der Waals surface area contributed by atoms with Crippen LogP contribution in [0.1, 0.15) is 12.8 Å². The van der Waals surface area contributed by atoms with E-state index in [4.69, 9.17) is 4.74 Å². The van der Waals surface area contributed by atoms with E-state index in [9.17, 15) is 8.42 Å². The first-order valence-corrected chi connectivity index (χ1v) is 6.59. The van der Waals surface area contributed by atoms with Crippen molar-refractivity contribution in [3.8, 4) is 5.88 Å². The SMILES string of the molecule is COc1ccc(S(=O)(=O)N2CCCC2)cn1. The van der Waals surface area contributed by atoms with Gasteiger partial charge in [0.15, 0.2) is 0 Å². The van der Waals surface area contributed by atoms with Crippen LogP contribution < -0.4 is 4.74 Å². The fraction of sp³-hybridized carbons (Fsp3) is 0.500. The molecule has 0 atom stereocenters. The van der Waals surface area contributed by atoms with Gasteiger partial charge in [-0.15, -0.1) is 0 Å². The highest BCUT2D eigenvalue weighted by atomic mass is 32.2. The normalized spacial score (nSPS) is 17.6. The fourth-order valence-electron chi connectivity index (χ4n) is 1.72. The van der Waals surface area contributed by atoms with Gasteiger partial charge in [-0.25, -0.2) is 13.4 Å². The Morgan fingerprint density at radius 1 is 1.31 bits per heavy atom. The van der Waals surface area contributed by atoms with Gasteiger partial charge in [0.2, 0.25) is 15.9 Å². The monoisotopic (exact) mass is 242 g/mol. The molecule has 0 aliphatic carbocycles. The van der Waals surface area contributed by atoms with Gasteiger partial charge in [-0.1, -0.05) is 0 Å². The highest BCUT2D eigenvalue weighted by Gasteiger charge is 2.27. The third-order valence-electron chi connectivity index (χ3n) is 2.62. The van der Waals surface area contributed by atoms with Crippen LogP contribution in [0.4, 0.5) is 0 Å². The molecule has 0 amide bonds. The van der Waals surface area contributed by atoms with Crippen molar-refractivity contribution < 1.29 is 13.2 Å². The largest absolute Gasteiger partial charge is 0.481 e. The molecular weight excluding hydrogens is 228 g/mol. The van der Waals surface area contributed by atoms with Gasteiger partial charge < -0.3 is 4.74 Å². The second kappa shape index (κ2) is 4.39. The maximum absolute atomic E-state index is 12.1. The van der Waals surface area contributed by atoms with E-state index in [1.54, 1.807) is 6.07 Å². The molecule has 16 heavy (non-hydrogen) atoms. The predicted octanol–water partition coefficient (Wildman–Crippen LogP) is 0.875. The number of ether oxygens (including phenoxy) is 1. The third-order valence-corrected chi connectivity index (χ3v) is 4.50. The highest BCUT2D eigenvalue weighted by molar-refractivity contribution is 7.89. The van der Waals surface area contributed by atoms with E-state index in [0.29, 0.717) is 19.0 Å². The number of rotatable bonds is 3. The molecule has 0 bridgehead atoms. The van der Waals surface area contributed by atoms with E-state index in [-0.39, 0.29) is 4.90 Å². The Morgan fingerprint density at radius 3 is 2.50 bits per heavy atom. The van der Waals surface area contributed by atoms with E-state index in [2.05, 4.69) is 4.98 Å². The number of pyridine rings is 1. The number of sulfonamides is 1. The summed E-state index contributed by atoms with van der Waals surface area (Å²) in [5.41, 5.74) is 0. The number of hydrogen-bond acceptors (Lipinski definition) is 4. The van der Waals surface area contributed by atoms with Crippen LogP contribution in [0.5, 0.6) is 5.88 Å². The lowest BCUT2D eigenvalue weighted by Gasteiger charge is -2.14. The number of hydrogen-bond donors (Lipinski definition) is 0. The molecule has 2 heterocycles. The Morgan fingerprint density at radius 2 is 2.00 bits per heavy atom. The van der Waals surface area contributed by atoms with Gasteiger partial charge in [0.25, 0.3) is 0 Å². The smallest absolute Gasteiger partial charge is 0.244 e. The molecule has 1 saturated heterocycles. The molecule has 88 valence electrons. The van der Waals surface area contributed by atoms with Gasteiger partial charge in [0, 0.05) is 19.2 Å². The number of nitrogens with zero attached hydrogens (tertiary/aromatic N) is 2. The minimum Gasteiger partial charge on any atom is -0.481 e. The van der Waals surface area contributed by atoms with Crippen molar-refractivity contribution in [3.05, 3.63) is 18.3 Å². The molecule has 0 unspecified atom stereocenters. The van der Waals surface area contributed by atoms with Gasteiger partial charge >= 0.3 is 0 Å². The lowest BCUT2D eigenvalue weighted by atomic mass is 10.4. The third kappa shape index (κ3) is 2.03. The van der Waals surface area contributed by atoms with Gasteiger partial charge in [0.1, 0.15) is 4.90 Å². The van der Waals surface area contributed by atoms with E-state index in [1.807, 2.05) is 0 Å². The zero-order chi connectivity index (χ0) is 11.6. The molecule has 0 radical (unpaired) electrons. The number of methoxy groups -OCH3 is 1. The van der Waals surface area contributed by atoms with Crippen molar-refractivity contribution in [1.29, 1.82) is 0 Å². The summed E-state index contributed by atoms with van der Waals surface area (Å²) in [6.07, 6.45) is 3.21. The van der Waals surface area contributed by atoms with Crippen LogP contribution in [0.25, 0.3) is 0 Å². The fourth-order valence-corrected chi connectivity index (χ4v) is 3.18. The van der Waals surface area contributed by atoms with Crippen LogP contribution in [0.2, 0.25) is 0 Å². The molecule has 1 aliphatic rings. The molecule has 0 saturated carbocycles. The summed E-state index contributed by atoms with van der Waals surface area (Å²) >= 11 is 0. The maximum Gasteiger partial charge on any atom is 0.244 e. The van der Waals surface area contributed by atoms with Crippen molar-refractivity contribution in [3.63, 3.8) is 0 Å². The van der Waals surface area contributed by atoms with Crippen LogP contribution in [0.15, 0.2) is 23.2 Å². The van der Waals surface area contributed by atoms with Crippen LogP contribution in [-0.2, 0) is 10.0 Å². The Bertz CT molecular complexity index is 449. The molecule has 0 spiro atoms. The van der Waals surface area contributed by atoms with Crippen LogP contribution in [-0.4, -0.2) is 37.9 Å². The summed E-state index contributed by atoms with van der Waals surface area (Å²) in [6, 6.07) is 3.09. The average Bonchev–Trinajstić information content (AvgIpc) is 2.83. The van der Waals surface area contributed by atoms with Crippen molar-refractivity contribution in [2.75, 3.05) is 20.2 Å². The molecule has 5 nitrogen and oxygen atoms in total. The molecule has 6 heteroatoms. The first kappa shape index (κ1) is 11.3. The standard InChI is InChI=1S/C10H14N2O3S/c1-15-10-5-4-9(8-11-10)16(13,14)12-6-2-3-7-12/h4-5,8H,2-3,6-7H2,1H3. The second-order valence-corrected chi connectivity index (χ2v) is 5.59. The lowest BCUT2D eigenvalue weighted by molar-refractivity contribution is 0.397. The molecule has 1 aromatic heterocycles. The van der Waals surface area contributed by atoms with Crippen molar-refractivity contribution in [2.24, 2.45) is 0 Å². The highest BCUT2D eigenvalue weighted by Crippen LogP contribution is 2.21. The topological polar surface area (TPSA) is 59.5 Å². The minimum atomic E-state index is -3.35. The van der Waals surface area contributed by atoms with Crippen molar-refractivity contribution in [1.82, 2.24) is 9.29 Å². The molecule has 0 aromatic carbocycles. The Labute approximate surface area is 95.1 Å². The van der Waals surface area contributed by atoms with Gasteiger partial charge in [0.05, 0.1) is 13.3 Å². The summed E-state index contributed by atoms with van der Waals surface area (Å²) in [7, 11) is -1.85. The quantitative estimate of drug-likeness (QED) is 0.789. The molecule has 2 rings (SSSR count). The average molecular weight is 242 g/mol. The van der Waals surface area contributed by atoms with Crippen LogP contribution >= 0.6 is 0 Å². The summed E-state index contributed by atoms with van der Waals surface area (Å²) in [4.78, 5) is 4.14.